The summed E-state index contributed by atoms with van der Waals surface area (Å²) in [6.07, 6.45) is -9.64. The summed E-state index contributed by atoms with van der Waals surface area (Å²) in [5, 5.41) is 47.4. The van der Waals surface area contributed by atoms with Crippen LogP contribution in [0.4, 0.5) is 0 Å². The zero-order valence-corrected chi connectivity index (χ0v) is 26.8. The van der Waals surface area contributed by atoms with E-state index in [1.807, 2.05) is 0 Å². The quantitative estimate of drug-likeness (QED) is 0.161. The number of ether oxygens (including phenoxy) is 4. The lowest BCUT2D eigenvalue weighted by Gasteiger charge is -2.67. The Morgan fingerprint density at radius 3 is 2.22 bits per heavy atom. The molecule has 6 N–H and O–H groups in total. The second-order valence-electron chi connectivity index (χ2n) is 13.8. The van der Waals surface area contributed by atoms with Crippen molar-refractivity contribution in [1.82, 2.24) is 0 Å². The second kappa shape index (κ2) is 11.5. The van der Waals surface area contributed by atoms with Crippen molar-refractivity contribution >= 4 is 23.7 Å². The highest BCUT2D eigenvalue weighted by atomic mass is 16.6. The molecule has 0 radical (unpaired) electrons. The first-order valence-electron chi connectivity index (χ1n) is 15.4. The summed E-state index contributed by atoms with van der Waals surface area (Å²) in [5.74, 6) is -4.93. The van der Waals surface area contributed by atoms with Gasteiger partial charge in [-0.1, -0.05) is 44.2 Å². The molecule has 46 heavy (non-hydrogen) atoms. The van der Waals surface area contributed by atoms with Crippen LogP contribution in [-0.4, -0.2) is 98.6 Å². The van der Waals surface area contributed by atoms with Gasteiger partial charge in [-0.15, -0.1) is 0 Å². The Labute approximate surface area is 266 Å². The molecule has 1 aromatic carbocycles. The molecule has 4 aliphatic rings. The molecule has 1 saturated heterocycles. The lowest BCUT2D eigenvalue weighted by Crippen LogP contribution is -2.81. The van der Waals surface area contributed by atoms with E-state index in [1.54, 1.807) is 51.1 Å². The molecule has 0 amide bonds. The molecule has 1 aromatic rings. The van der Waals surface area contributed by atoms with Crippen LogP contribution in [0.15, 0.2) is 41.5 Å². The van der Waals surface area contributed by atoms with Crippen molar-refractivity contribution in [1.29, 1.82) is 0 Å². The third-order valence-corrected chi connectivity index (χ3v) is 11.0. The Bertz CT molecular complexity index is 1460. The number of benzene rings is 1. The van der Waals surface area contributed by atoms with E-state index in [0.717, 1.165) is 13.8 Å². The van der Waals surface area contributed by atoms with Gasteiger partial charge in [0, 0.05) is 38.0 Å². The number of carbonyl (C=O) groups is 4. The maximum Gasteiger partial charge on any atom is 0.337 e. The second-order valence-corrected chi connectivity index (χ2v) is 13.8. The zero-order chi connectivity index (χ0) is 34.1. The smallest absolute Gasteiger partial charge is 0.337 e. The van der Waals surface area contributed by atoms with Crippen LogP contribution in [0.25, 0.3) is 0 Å². The van der Waals surface area contributed by atoms with Crippen LogP contribution >= 0.6 is 0 Å². The fourth-order valence-corrected chi connectivity index (χ4v) is 8.35. The number of hydrogen-bond donors (Lipinski definition) is 5. The van der Waals surface area contributed by atoms with E-state index in [9.17, 15) is 39.6 Å². The molecule has 3 fully saturated rings. The van der Waals surface area contributed by atoms with E-state index < -0.39 is 101 Å². The van der Waals surface area contributed by atoms with Gasteiger partial charge in [-0.2, -0.15) is 0 Å². The number of fused-ring (bicyclic) bond motifs is 5. The summed E-state index contributed by atoms with van der Waals surface area (Å²) in [7, 11) is 0. The molecule has 2 saturated carbocycles. The number of aliphatic hydroxyl groups excluding tert-OH is 3. The molecule has 13 heteroatoms. The lowest BCUT2D eigenvalue weighted by atomic mass is 9.44. The summed E-state index contributed by atoms with van der Waals surface area (Å²) in [4.78, 5) is 53.1. The molecule has 2 bridgehead atoms. The molecule has 3 aliphatic carbocycles. The van der Waals surface area contributed by atoms with Crippen LogP contribution in [0.5, 0.6) is 0 Å². The van der Waals surface area contributed by atoms with Crippen molar-refractivity contribution in [3.8, 4) is 0 Å². The number of ketones is 1. The summed E-state index contributed by atoms with van der Waals surface area (Å²) >= 11 is 0. The summed E-state index contributed by atoms with van der Waals surface area (Å²) in [6, 6.07) is 7.25. The molecule has 1 heterocycles. The predicted molar refractivity (Wildman–Crippen MR) is 158 cm³/mol. The molecule has 0 spiro atoms. The van der Waals surface area contributed by atoms with Gasteiger partial charge in [-0.25, -0.2) is 4.79 Å². The first-order valence-corrected chi connectivity index (χ1v) is 15.4. The van der Waals surface area contributed by atoms with Gasteiger partial charge in [0.2, 0.25) is 0 Å². The molecular weight excluding hydrogens is 602 g/mol. The fraction of sp³-hybridized carbons (Fsp3) is 0.636. The molecule has 11 atom stereocenters. The van der Waals surface area contributed by atoms with Crippen molar-refractivity contribution < 1.29 is 58.6 Å². The lowest BCUT2D eigenvalue weighted by molar-refractivity contribution is -0.346. The number of aliphatic hydroxyl groups is 4. The number of hydrogen-bond acceptors (Lipinski definition) is 13. The highest BCUT2D eigenvalue weighted by molar-refractivity contribution is 5.95. The molecular formula is C33H43NO12. The van der Waals surface area contributed by atoms with Crippen LogP contribution < -0.4 is 5.73 Å². The van der Waals surface area contributed by atoms with Crippen molar-refractivity contribution in [2.45, 2.75) is 108 Å². The number of Topliss-reactive ketones (excluding diaryl/α,β-unsaturated/α-hetero) is 1. The number of rotatable bonds is 6. The standard InChI is InChI=1S/C33H43NO12/c1-15-19(45-29(41)24(38)23(34)18-10-8-7-9-11-18)13-33(42)28(40)26-31(6,20(37)12-21-32(26,14-43-21)46-17(3)36)27(39)25(44-16(2)35)22(15)30(33,4)5/h7-11,19-21,23-26,28,37-38,40,42H,12-14,34H2,1-6H3/t19-,20-,21+,23-,24+,25+,26-,28-,31+,32-,33+/m0/s1. The maximum absolute atomic E-state index is 14.8. The van der Waals surface area contributed by atoms with Crippen molar-refractivity contribution in [3.63, 3.8) is 0 Å². The number of nitrogens with two attached hydrogens (primary N) is 1. The van der Waals surface area contributed by atoms with Gasteiger partial charge in [0.1, 0.15) is 17.8 Å². The molecule has 13 nitrogen and oxygen atoms in total. The largest absolute Gasteiger partial charge is 0.456 e. The third kappa shape index (κ3) is 4.82. The van der Waals surface area contributed by atoms with Gasteiger partial charge in [-0.3, -0.25) is 14.4 Å². The SMILES string of the molecule is CC(=O)O[C@H]1C(=O)[C@@]2(C)[C@H]([C@H](O)[C@]3(O)C[C@H](OC(=O)[C@H](O)[C@@H](N)c4ccccc4)C(C)=C1C3(C)C)[C@]1(OC(C)=O)CO[C@@H]1C[C@@H]2O. The first kappa shape index (κ1) is 34.1. The van der Waals surface area contributed by atoms with Gasteiger partial charge >= 0.3 is 17.9 Å². The van der Waals surface area contributed by atoms with Crippen molar-refractivity contribution in [2.24, 2.45) is 22.5 Å². The number of esters is 3. The maximum atomic E-state index is 14.8. The summed E-state index contributed by atoms with van der Waals surface area (Å²) < 4.78 is 22.9. The first-order chi connectivity index (χ1) is 21.3. The minimum Gasteiger partial charge on any atom is -0.456 e. The molecule has 5 rings (SSSR count). The van der Waals surface area contributed by atoms with Crippen LogP contribution in [-0.2, 0) is 38.1 Å². The predicted octanol–water partition coefficient (Wildman–Crippen LogP) is 0.400. The Morgan fingerprint density at radius 1 is 1.04 bits per heavy atom. The topological polar surface area (TPSA) is 212 Å². The number of carbonyl (C=O) groups excluding carboxylic acids is 4. The van der Waals surface area contributed by atoms with E-state index in [0.29, 0.717) is 5.56 Å². The van der Waals surface area contributed by atoms with E-state index in [-0.39, 0.29) is 24.2 Å². The molecule has 0 aromatic heterocycles. The Balaban J connectivity index is 1.67. The van der Waals surface area contributed by atoms with Gasteiger partial charge in [0.25, 0.3) is 0 Å². The monoisotopic (exact) mass is 645 g/mol. The zero-order valence-electron chi connectivity index (χ0n) is 26.8. The molecule has 0 unspecified atom stereocenters. The Hall–Kier alpha value is -3.20. The average Bonchev–Trinajstić information content (AvgIpc) is 2.98. The van der Waals surface area contributed by atoms with Gasteiger partial charge in [0.15, 0.2) is 23.6 Å². The van der Waals surface area contributed by atoms with Crippen LogP contribution in [0.2, 0.25) is 0 Å². The summed E-state index contributed by atoms with van der Waals surface area (Å²) in [5.41, 5.74) is -0.343. The minimum atomic E-state index is -2.24. The van der Waals surface area contributed by atoms with E-state index in [1.165, 1.54) is 6.92 Å². The average molecular weight is 646 g/mol. The highest BCUT2D eigenvalue weighted by Crippen LogP contribution is 2.63. The Morgan fingerprint density at radius 2 is 1.67 bits per heavy atom. The third-order valence-electron chi connectivity index (χ3n) is 11.0. The fourth-order valence-electron chi connectivity index (χ4n) is 8.35. The Kier molecular flexibility index (Phi) is 8.53. The van der Waals surface area contributed by atoms with Crippen LogP contribution in [0, 0.1) is 16.7 Å². The highest BCUT2D eigenvalue weighted by Gasteiger charge is 2.77. The normalized spacial score (nSPS) is 39.3. The minimum absolute atomic E-state index is 0.0699. The van der Waals surface area contributed by atoms with E-state index in [4.69, 9.17) is 24.7 Å². The molecule has 1 aliphatic heterocycles. The van der Waals surface area contributed by atoms with Gasteiger partial charge < -0.3 is 45.1 Å². The van der Waals surface area contributed by atoms with Crippen LogP contribution in [0.1, 0.15) is 66.0 Å². The summed E-state index contributed by atoms with van der Waals surface area (Å²) in [6.45, 7) is 8.10. The van der Waals surface area contributed by atoms with Crippen molar-refractivity contribution in [3.05, 3.63) is 47.0 Å². The van der Waals surface area contributed by atoms with E-state index in [2.05, 4.69) is 0 Å². The molecule has 252 valence electrons. The van der Waals surface area contributed by atoms with Crippen LogP contribution in [0.3, 0.4) is 0 Å². The van der Waals surface area contributed by atoms with Crippen molar-refractivity contribution in [2.75, 3.05) is 6.61 Å². The van der Waals surface area contributed by atoms with Gasteiger partial charge in [-0.05, 0) is 30.6 Å². The van der Waals surface area contributed by atoms with Gasteiger partial charge in [0.05, 0.1) is 30.3 Å². The van der Waals surface area contributed by atoms with E-state index >= 15 is 0 Å².